The molecule has 0 spiro atoms. The van der Waals surface area contributed by atoms with Crippen molar-refractivity contribution in [3.63, 3.8) is 0 Å². The molecule has 7 nitrogen and oxygen atoms in total. The Morgan fingerprint density at radius 2 is 1.93 bits per heavy atom. The van der Waals surface area contributed by atoms with Gasteiger partial charge in [-0.1, -0.05) is 0 Å². The molecular weight excluding hydrogens is 200 g/mol. The molecule has 0 unspecified atom stereocenters. The van der Waals surface area contributed by atoms with E-state index in [9.17, 15) is 14.4 Å². The van der Waals surface area contributed by atoms with Gasteiger partial charge < -0.3 is 4.57 Å². The van der Waals surface area contributed by atoms with Gasteiger partial charge in [0.15, 0.2) is 23.3 Å². The number of aldehydes is 1. The molecule has 0 atom stereocenters. The van der Waals surface area contributed by atoms with Gasteiger partial charge in [0.05, 0.1) is 0 Å². The third kappa shape index (κ3) is 1.13. The van der Waals surface area contributed by atoms with Gasteiger partial charge in [0.1, 0.15) is 0 Å². The minimum atomic E-state index is -0.553. The van der Waals surface area contributed by atoms with Crippen molar-refractivity contribution in [1.82, 2.24) is 19.1 Å². The fourth-order valence-electron chi connectivity index (χ4n) is 1.43. The number of imidazole rings is 1. The first kappa shape index (κ1) is 9.38. The number of rotatable bonds is 1. The highest BCUT2D eigenvalue weighted by atomic mass is 16.2. The van der Waals surface area contributed by atoms with Crippen LogP contribution in [0.2, 0.25) is 0 Å². The molecule has 7 heteroatoms. The number of hydrogen-bond acceptors (Lipinski definition) is 4. The maximum Gasteiger partial charge on any atom is 0.329 e. The van der Waals surface area contributed by atoms with Crippen LogP contribution in [0, 0.1) is 0 Å². The summed E-state index contributed by atoms with van der Waals surface area (Å²) in [4.78, 5) is 39.3. The van der Waals surface area contributed by atoms with Gasteiger partial charge in [0.25, 0.3) is 5.56 Å². The van der Waals surface area contributed by atoms with Crippen molar-refractivity contribution in [3.05, 3.63) is 26.7 Å². The minimum Gasteiger partial charge on any atom is -0.319 e. The molecule has 2 rings (SSSR count). The van der Waals surface area contributed by atoms with Gasteiger partial charge in [-0.25, -0.2) is 9.78 Å². The molecule has 0 radical (unpaired) electrons. The molecule has 78 valence electrons. The zero-order valence-corrected chi connectivity index (χ0v) is 8.14. The number of aromatic nitrogens is 4. The van der Waals surface area contributed by atoms with Gasteiger partial charge in [0, 0.05) is 14.1 Å². The molecule has 0 bridgehead atoms. The molecule has 1 N–H and O–H groups in total. The Bertz CT molecular complexity index is 661. The lowest BCUT2D eigenvalue weighted by Crippen LogP contribution is -2.29. The number of hydrogen-bond donors (Lipinski definition) is 1. The molecule has 2 heterocycles. The number of aromatic amines is 1. The Kier molecular flexibility index (Phi) is 1.82. The lowest BCUT2D eigenvalue weighted by atomic mass is 10.5. The predicted molar refractivity (Wildman–Crippen MR) is 52.0 cm³/mol. The third-order valence-electron chi connectivity index (χ3n) is 2.27. The fourth-order valence-corrected chi connectivity index (χ4v) is 1.43. The predicted octanol–water partition coefficient (Wildman–Crippen LogP) is -1.23. The molecule has 0 amide bonds. The summed E-state index contributed by atoms with van der Waals surface area (Å²) in [7, 11) is 3.01. The van der Waals surface area contributed by atoms with Crippen molar-refractivity contribution in [1.29, 1.82) is 0 Å². The lowest BCUT2D eigenvalue weighted by Gasteiger charge is -1.97. The molecule has 0 saturated carbocycles. The Morgan fingerprint density at radius 3 is 2.53 bits per heavy atom. The van der Waals surface area contributed by atoms with E-state index < -0.39 is 11.2 Å². The minimum absolute atomic E-state index is 0.108. The number of carbonyl (C=O) groups excluding carboxylic acids is 1. The highest BCUT2D eigenvalue weighted by Crippen LogP contribution is 2.05. The van der Waals surface area contributed by atoms with Gasteiger partial charge >= 0.3 is 5.69 Å². The largest absolute Gasteiger partial charge is 0.329 e. The topological polar surface area (TPSA) is 89.8 Å². The van der Waals surface area contributed by atoms with E-state index in [1.165, 1.54) is 16.2 Å². The molecule has 15 heavy (non-hydrogen) atoms. The van der Waals surface area contributed by atoms with E-state index >= 15 is 0 Å². The molecule has 0 aliphatic rings. The smallest absolute Gasteiger partial charge is 0.319 e. The number of nitrogens with zero attached hydrogens (tertiary/aromatic N) is 3. The van der Waals surface area contributed by atoms with Gasteiger partial charge in [-0.3, -0.25) is 19.1 Å². The van der Waals surface area contributed by atoms with Crippen LogP contribution in [-0.4, -0.2) is 25.4 Å². The lowest BCUT2D eigenvalue weighted by molar-refractivity contribution is 0.111. The fraction of sp³-hybridized carbons (Fsp3) is 0.250. The van der Waals surface area contributed by atoms with E-state index in [0.717, 1.165) is 0 Å². The van der Waals surface area contributed by atoms with Gasteiger partial charge in [-0.2, -0.15) is 0 Å². The Labute approximate surface area is 83.0 Å². The first-order valence-electron chi connectivity index (χ1n) is 4.17. The number of H-pyrrole nitrogens is 1. The number of aryl methyl sites for hydroxylation is 2. The summed E-state index contributed by atoms with van der Waals surface area (Å²) < 4.78 is 2.53. The van der Waals surface area contributed by atoms with Gasteiger partial charge in [0.2, 0.25) is 0 Å². The third-order valence-corrected chi connectivity index (χ3v) is 2.27. The Hall–Kier alpha value is -2.18. The van der Waals surface area contributed by atoms with Crippen molar-refractivity contribution in [3.8, 4) is 0 Å². The van der Waals surface area contributed by atoms with Crippen molar-refractivity contribution in [2.24, 2.45) is 14.1 Å². The van der Waals surface area contributed by atoms with E-state index in [0.29, 0.717) is 6.29 Å². The van der Waals surface area contributed by atoms with Crippen LogP contribution in [-0.2, 0) is 14.1 Å². The maximum absolute atomic E-state index is 11.5. The SMILES string of the molecule is Cn1c(C=O)nc2c1c(=O)[nH]c(=O)n2C. The number of carbonyl (C=O) groups is 1. The number of nitrogens with one attached hydrogen (secondary N) is 1. The van der Waals surface area contributed by atoms with Crippen LogP contribution in [0.25, 0.3) is 11.2 Å². The monoisotopic (exact) mass is 208 g/mol. The summed E-state index contributed by atoms with van der Waals surface area (Å²) in [5.74, 6) is 0.108. The van der Waals surface area contributed by atoms with Crippen LogP contribution in [0.5, 0.6) is 0 Å². The van der Waals surface area contributed by atoms with Crippen LogP contribution in [0.15, 0.2) is 9.59 Å². The molecule has 2 aromatic rings. The average Bonchev–Trinajstić information content (AvgIpc) is 2.53. The van der Waals surface area contributed by atoms with Crippen molar-refractivity contribution < 1.29 is 4.79 Å². The zero-order valence-electron chi connectivity index (χ0n) is 8.14. The quantitative estimate of drug-likeness (QED) is 0.594. The van der Waals surface area contributed by atoms with E-state index in [1.807, 2.05) is 0 Å². The average molecular weight is 208 g/mol. The van der Waals surface area contributed by atoms with Crippen LogP contribution >= 0.6 is 0 Å². The Balaban J connectivity index is 3.14. The standard InChI is InChI=1S/C8H8N4O3/c1-11-4(3-13)9-6-5(11)7(14)10-8(15)12(6)2/h3H,1-2H3,(H,10,14,15). The molecule has 0 aliphatic carbocycles. The molecular formula is C8H8N4O3. The molecule has 2 aromatic heterocycles. The second-order valence-corrected chi connectivity index (χ2v) is 3.14. The van der Waals surface area contributed by atoms with Crippen LogP contribution < -0.4 is 11.2 Å². The molecule has 0 aliphatic heterocycles. The molecule has 0 fully saturated rings. The van der Waals surface area contributed by atoms with Crippen molar-refractivity contribution >= 4 is 17.5 Å². The first-order chi connectivity index (χ1) is 7.06. The summed E-state index contributed by atoms with van der Waals surface area (Å²) in [6.07, 6.45) is 0.532. The van der Waals surface area contributed by atoms with Crippen LogP contribution in [0.3, 0.4) is 0 Å². The van der Waals surface area contributed by atoms with Crippen molar-refractivity contribution in [2.75, 3.05) is 0 Å². The van der Waals surface area contributed by atoms with Gasteiger partial charge in [-0.05, 0) is 0 Å². The Morgan fingerprint density at radius 1 is 1.27 bits per heavy atom. The molecule has 0 aromatic carbocycles. The molecule has 0 saturated heterocycles. The van der Waals surface area contributed by atoms with E-state index in [-0.39, 0.29) is 17.0 Å². The van der Waals surface area contributed by atoms with Gasteiger partial charge in [-0.15, -0.1) is 0 Å². The summed E-state index contributed by atoms with van der Waals surface area (Å²) in [5.41, 5.74) is -0.688. The van der Waals surface area contributed by atoms with Crippen LogP contribution in [0.1, 0.15) is 10.6 Å². The highest BCUT2D eigenvalue weighted by molar-refractivity contribution is 5.80. The highest BCUT2D eigenvalue weighted by Gasteiger charge is 2.13. The van der Waals surface area contributed by atoms with E-state index in [1.54, 1.807) is 7.05 Å². The normalized spacial score (nSPS) is 10.8. The number of fused-ring (bicyclic) bond motifs is 1. The van der Waals surface area contributed by atoms with E-state index in [4.69, 9.17) is 0 Å². The zero-order chi connectivity index (χ0) is 11.2. The summed E-state index contributed by atoms with van der Waals surface area (Å²) >= 11 is 0. The summed E-state index contributed by atoms with van der Waals surface area (Å²) in [6.45, 7) is 0. The van der Waals surface area contributed by atoms with E-state index in [2.05, 4.69) is 9.97 Å². The second-order valence-electron chi connectivity index (χ2n) is 3.14. The summed E-state index contributed by atoms with van der Waals surface area (Å²) in [6, 6.07) is 0. The first-order valence-corrected chi connectivity index (χ1v) is 4.17. The second kappa shape index (κ2) is 2.91. The maximum atomic E-state index is 11.5. The summed E-state index contributed by atoms with van der Waals surface area (Å²) in [5, 5.41) is 0. The van der Waals surface area contributed by atoms with Crippen LogP contribution in [0.4, 0.5) is 0 Å². The van der Waals surface area contributed by atoms with Crippen molar-refractivity contribution in [2.45, 2.75) is 0 Å².